The molecule has 6 aromatic rings. The monoisotopic (exact) mass is 460 g/mol. The molecule has 2 heterocycles. The highest BCUT2D eigenvalue weighted by Crippen LogP contribution is 2.26. The summed E-state index contributed by atoms with van der Waals surface area (Å²) in [7, 11) is 0. The first-order valence-electron chi connectivity index (χ1n) is 11.4. The van der Waals surface area contributed by atoms with Gasteiger partial charge in [0.15, 0.2) is 0 Å². The van der Waals surface area contributed by atoms with Crippen LogP contribution in [0.1, 0.15) is 11.4 Å². The van der Waals surface area contributed by atoms with Crippen molar-refractivity contribution < 1.29 is 4.39 Å². The van der Waals surface area contributed by atoms with Gasteiger partial charge in [-0.2, -0.15) is 0 Å². The van der Waals surface area contributed by atoms with Crippen molar-refractivity contribution >= 4 is 21.9 Å². The van der Waals surface area contributed by atoms with E-state index >= 15 is 0 Å². The molecule has 5 nitrogen and oxygen atoms in total. The summed E-state index contributed by atoms with van der Waals surface area (Å²) in [6.45, 7) is 2.69. The first kappa shape index (κ1) is 21.0. The first-order chi connectivity index (χ1) is 17.1. The Bertz CT molecular complexity index is 1750. The SMILES string of the molecule is Cc1nc2cc(-n3c(-c4ccc(F)cc4)nc4ccccc4c3=O)ccc2n1Cc1ccccc1. The summed E-state index contributed by atoms with van der Waals surface area (Å²) < 4.78 is 17.4. The van der Waals surface area contributed by atoms with Gasteiger partial charge in [-0.3, -0.25) is 9.36 Å². The summed E-state index contributed by atoms with van der Waals surface area (Å²) in [6.07, 6.45) is 0. The zero-order valence-corrected chi connectivity index (χ0v) is 19.0. The third-order valence-electron chi connectivity index (χ3n) is 6.24. The zero-order chi connectivity index (χ0) is 23.9. The van der Waals surface area contributed by atoms with Crippen LogP contribution in [0, 0.1) is 12.7 Å². The van der Waals surface area contributed by atoms with Crippen LogP contribution >= 0.6 is 0 Å². The number of aromatic nitrogens is 4. The molecule has 35 heavy (non-hydrogen) atoms. The Morgan fingerprint density at radius 3 is 2.34 bits per heavy atom. The molecule has 0 aliphatic carbocycles. The number of halogens is 1. The van der Waals surface area contributed by atoms with Crippen LogP contribution in [0.4, 0.5) is 4.39 Å². The molecule has 0 saturated heterocycles. The molecule has 0 bridgehead atoms. The van der Waals surface area contributed by atoms with Crippen molar-refractivity contribution in [3.05, 3.63) is 125 Å². The number of para-hydroxylation sites is 1. The summed E-state index contributed by atoms with van der Waals surface area (Å²) in [5.74, 6) is 1.00. The van der Waals surface area contributed by atoms with Gasteiger partial charge in [0.2, 0.25) is 0 Å². The minimum absolute atomic E-state index is 0.185. The molecule has 4 aromatic carbocycles. The fraction of sp³-hybridized carbons (Fsp3) is 0.0690. The van der Waals surface area contributed by atoms with Crippen LogP contribution in [-0.2, 0) is 6.54 Å². The molecular formula is C29H21FN4O. The molecule has 6 heteroatoms. The number of aryl methyl sites for hydroxylation is 1. The highest BCUT2D eigenvalue weighted by atomic mass is 19.1. The van der Waals surface area contributed by atoms with Gasteiger partial charge in [-0.1, -0.05) is 42.5 Å². The smallest absolute Gasteiger partial charge is 0.266 e. The largest absolute Gasteiger partial charge is 0.324 e. The molecule has 0 amide bonds. The van der Waals surface area contributed by atoms with Crippen LogP contribution in [0.15, 0.2) is 102 Å². The van der Waals surface area contributed by atoms with Gasteiger partial charge in [0.25, 0.3) is 5.56 Å². The topological polar surface area (TPSA) is 52.7 Å². The van der Waals surface area contributed by atoms with E-state index < -0.39 is 0 Å². The van der Waals surface area contributed by atoms with E-state index in [1.54, 1.807) is 22.8 Å². The fourth-order valence-corrected chi connectivity index (χ4v) is 4.51. The van der Waals surface area contributed by atoms with Gasteiger partial charge in [0, 0.05) is 12.1 Å². The molecule has 0 aliphatic heterocycles. The lowest BCUT2D eigenvalue weighted by atomic mass is 10.1. The third-order valence-corrected chi connectivity index (χ3v) is 6.24. The predicted octanol–water partition coefficient (Wildman–Crippen LogP) is 5.90. The van der Waals surface area contributed by atoms with Crippen LogP contribution in [0.3, 0.4) is 0 Å². The van der Waals surface area contributed by atoms with Crippen molar-refractivity contribution in [2.45, 2.75) is 13.5 Å². The second-order valence-electron chi connectivity index (χ2n) is 8.50. The molecule has 0 radical (unpaired) electrons. The van der Waals surface area contributed by atoms with Crippen molar-refractivity contribution in [2.75, 3.05) is 0 Å². The minimum Gasteiger partial charge on any atom is -0.324 e. The van der Waals surface area contributed by atoms with Gasteiger partial charge in [-0.15, -0.1) is 0 Å². The Hall–Kier alpha value is -4.58. The number of hydrogen-bond acceptors (Lipinski definition) is 3. The fourth-order valence-electron chi connectivity index (χ4n) is 4.51. The highest BCUT2D eigenvalue weighted by molar-refractivity contribution is 5.82. The lowest BCUT2D eigenvalue weighted by Crippen LogP contribution is -2.22. The van der Waals surface area contributed by atoms with Crippen LogP contribution in [0.5, 0.6) is 0 Å². The number of nitrogens with zero attached hydrogens (tertiary/aromatic N) is 4. The van der Waals surface area contributed by atoms with Gasteiger partial charge >= 0.3 is 0 Å². The molecular weight excluding hydrogens is 439 g/mol. The summed E-state index contributed by atoms with van der Waals surface area (Å²) in [6, 6.07) is 29.3. The second-order valence-corrected chi connectivity index (χ2v) is 8.50. The summed E-state index contributed by atoms with van der Waals surface area (Å²) in [5.41, 5.74) is 4.69. The molecule has 2 aromatic heterocycles. The van der Waals surface area contributed by atoms with Crippen molar-refractivity contribution in [1.82, 2.24) is 19.1 Å². The number of rotatable bonds is 4. The van der Waals surface area contributed by atoms with Gasteiger partial charge in [-0.25, -0.2) is 14.4 Å². The van der Waals surface area contributed by atoms with E-state index in [1.807, 2.05) is 61.5 Å². The van der Waals surface area contributed by atoms with E-state index in [-0.39, 0.29) is 11.4 Å². The van der Waals surface area contributed by atoms with E-state index in [2.05, 4.69) is 16.7 Å². The maximum Gasteiger partial charge on any atom is 0.266 e. The lowest BCUT2D eigenvalue weighted by Gasteiger charge is -2.14. The maximum absolute atomic E-state index is 13.7. The van der Waals surface area contributed by atoms with Crippen LogP contribution in [-0.4, -0.2) is 19.1 Å². The lowest BCUT2D eigenvalue weighted by molar-refractivity contribution is 0.628. The van der Waals surface area contributed by atoms with E-state index in [0.29, 0.717) is 34.5 Å². The quantitative estimate of drug-likeness (QED) is 0.329. The predicted molar refractivity (Wildman–Crippen MR) is 136 cm³/mol. The number of benzene rings is 4. The Labute approximate surface area is 200 Å². The van der Waals surface area contributed by atoms with Crippen molar-refractivity contribution in [3.63, 3.8) is 0 Å². The van der Waals surface area contributed by atoms with Gasteiger partial charge in [0.1, 0.15) is 17.5 Å². The van der Waals surface area contributed by atoms with Crippen molar-refractivity contribution in [3.8, 4) is 17.1 Å². The van der Waals surface area contributed by atoms with E-state index in [4.69, 9.17) is 9.97 Å². The van der Waals surface area contributed by atoms with Crippen molar-refractivity contribution in [2.24, 2.45) is 0 Å². The Kier molecular flexibility index (Phi) is 4.99. The molecule has 0 fully saturated rings. The van der Waals surface area contributed by atoms with Gasteiger partial charge < -0.3 is 4.57 Å². The molecule has 6 rings (SSSR count). The number of imidazole rings is 1. The minimum atomic E-state index is -0.343. The molecule has 0 atom stereocenters. The zero-order valence-electron chi connectivity index (χ0n) is 19.0. The Morgan fingerprint density at radius 2 is 1.54 bits per heavy atom. The second kappa shape index (κ2) is 8.33. The molecule has 0 saturated carbocycles. The standard InChI is InChI=1S/C29H21FN4O/c1-19-31-26-17-23(15-16-27(26)33(19)18-20-7-3-2-4-8-20)34-28(21-11-13-22(30)14-12-21)32-25-10-6-5-9-24(25)29(34)35/h2-17H,18H2,1H3. The van der Waals surface area contributed by atoms with Crippen LogP contribution < -0.4 is 5.56 Å². The Balaban J connectivity index is 1.55. The van der Waals surface area contributed by atoms with Gasteiger partial charge in [0.05, 0.1) is 27.6 Å². The molecule has 0 aliphatic rings. The maximum atomic E-state index is 13.7. The van der Waals surface area contributed by atoms with Crippen LogP contribution in [0.2, 0.25) is 0 Å². The molecule has 170 valence electrons. The Morgan fingerprint density at radius 1 is 0.800 bits per heavy atom. The molecule has 0 N–H and O–H groups in total. The normalized spacial score (nSPS) is 11.4. The third kappa shape index (κ3) is 3.69. The average molecular weight is 461 g/mol. The van der Waals surface area contributed by atoms with E-state index in [0.717, 1.165) is 16.9 Å². The number of fused-ring (bicyclic) bond motifs is 2. The summed E-state index contributed by atoms with van der Waals surface area (Å²) in [4.78, 5) is 23.2. The first-order valence-corrected chi connectivity index (χ1v) is 11.4. The molecule has 0 spiro atoms. The molecule has 0 unspecified atom stereocenters. The highest BCUT2D eigenvalue weighted by Gasteiger charge is 2.16. The summed E-state index contributed by atoms with van der Waals surface area (Å²) >= 11 is 0. The summed E-state index contributed by atoms with van der Waals surface area (Å²) in [5, 5.41) is 0.518. The van der Waals surface area contributed by atoms with Gasteiger partial charge in [-0.05, 0) is 67.1 Å². The van der Waals surface area contributed by atoms with E-state index in [1.165, 1.54) is 17.7 Å². The average Bonchev–Trinajstić information content (AvgIpc) is 3.19. The van der Waals surface area contributed by atoms with E-state index in [9.17, 15) is 9.18 Å². The number of hydrogen-bond donors (Lipinski definition) is 0. The van der Waals surface area contributed by atoms with Crippen LogP contribution in [0.25, 0.3) is 39.0 Å². The van der Waals surface area contributed by atoms with Crippen molar-refractivity contribution in [1.29, 1.82) is 0 Å².